The van der Waals surface area contributed by atoms with Crippen molar-refractivity contribution in [1.82, 2.24) is 5.32 Å². The van der Waals surface area contributed by atoms with Crippen LogP contribution in [0, 0.1) is 5.92 Å². The van der Waals surface area contributed by atoms with Gasteiger partial charge in [-0.05, 0) is 0 Å². The van der Waals surface area contributed by atoms with Crippen molar-refractivity contribution in [3.8, 4) is 0 Å². The van der Waals surface area contributed by atoms with Crippen molar-refractivity contribution in [2.45, 2.75) is 13.2 Å². The molecule has 1 heterocycles. The highest BCUT2D eigenvalue weighted by Gasteiger charge is 2.25. The predicted octanol–water partition coefficient (Wildman–Crippen LogP) is -0.558. The zero-order chi connectivity index (χ0) is 5.28. The molecule has 1 fully saturated rings. The van der Waals surface area contributed by atoms with Gasteiger partial charge in [0.05, 0.1) is 0 Å². The highest BCUT2D eigenvalue weighted by atomic mass is 16.6. The first-order valence-corrected chi connectivity index (χ1v) is 2.43. The summed E-state index contributed by atoms with van der Waals surface area (Å²) < 4.78 is 0. The Labute approximate surface area is 42.8 Å². The summed E-state index contributed by atoms with van der Waals surface area (Å²) in [4.78, 5) is 4.49. The second-order valence-corrected chi connectivity index (χ2v) is 1.94. The van der Waals surface area contributed by atoms with E-state index in [9.17, 15) is 0 Å². The van der Waals surface area contributed by atoms with E-state index in [1.807, 2.05) is 0 Å². The third-order valence-electron chi connectivity index (χ3n) is 1.30. The number of nitrogens with two attached hydrogens (primary N) is 1. The molecule has 0 aromatic carbocycles. The normalized spacial score (nSPS) is 40.3. The van der Waals surface area contributed by atoms with E-state index in [1.54, 1.807) is 0 Å². The molecule has 0 aromatic rings. The third kappa shape index (κ3) is 0.748. The lowest BCUT2D eigenvalue weighted by atomic mass is 10.0. The summed E-state index contributed by atoms with van der Waals surface area (Å²) in [5.74, 6) is 5.45. The maximum atomic E-state index is 4.86. The smallest absolute Gasteiger partial charge is 0.133 e. The van der Waals surface area contributed by atoms with Crippen molar-refractivity contribution in [2.24, 2.45) is 11.8 Å². The molecule has 3 N–H and O–H groups in total. The summed E-state index contributed by atoms with van der Waals surface area (Å²) in [6, 6.07) is 0. The Hall–Kier alpha value is -0.120. The van der Waals surface area contributed by atoms with E-state index >= 15 is 0 Å². The van der Waals surface area contributed by atoms with Gasteiger partial charge in [-0.1, -0.05) is 6.92 Å². The zero-order valence-electron chi connectivity index (χ0n) is 4.35. The molecule has 3 heteroatoms. The maximum Gasteiger partial charge on any atom is 0.133 e. The monoisotopic (exact) mass is 102 g/mol. The topological polar surface area (TPSA) is 47.3 Å². The molecule has 42 valence electrons. The van der Waals surface area contributed by atoms with Gasteiger partial charge in [0.15, 0.2) is 0 Å². The second kappa shape index (κ2) is 1.78. The summed E-state index contributed by atoms with van der Waals surface area (Å²) in [6.45, 7) is 3.12. The van der Waals surface area contributed by atoms with Gasteiger partial charge in [-0.3, -0.25) is 10.2 Å². The van der Waals surface area contributed by atoms with E-state index in [-0.39, 0.29) is 6.23 Å². The van der Waals surface area contributed by atoms with Crippen molar-refractivity contribution in [2.75, 3.05) is 6.54 Å². The van der Waals surface area contributed by atoms with E-state index < -0.39 is 0 Å². The minimum absolute atomic E-state index is 0.111. The minimum Gasteiger partial charge on any atom is -0.290 e. The van der Waals surface area contributed by atoms with Crippen LogP contribution in [0.25, 0.3) is 0 Å². The zero-order valence-corrected chi connectivity index (χ0v) is 4.35. The molecule has 1 aliphatic rings. The first-order valence-electron chi connectivity index (χ1n) is 2.43. The molecule has 0 aromatic heterocycles. The van der Waals surface area contributed by atoms with Gasteiger partial charge in [0, 0.05) is 12.5 Å². The predicted molar refractivity (Wildman–Crippen MR) is 26.2 cm³/mol. The van der Waals surface area contributed by atoms with E-state index in [0.29, 0.717) is 5.92 Å². The van der Waals surface area contributed by atoms with E-state index in [1.165, 1.54) is 0 Å². The maximum absolute atomic E-state index is 4.86. The average molecular weight is 102 g/mol. The van der Waals surface area contributed by atoms with Crippen LogP contribution in [0.4, 0.5) is 0 Å². The van der Waals surface area contributed by atoms with Crippen LogP contribution in [0.5, 0.6) is 0 Å². The highest BCUT2D eigenvalue weighted by Crippen LogP contribution is 2.09. The average Bonchev–Trinajstić information content (AvgIpc) is 1.65. The fourth-order valence-corrected chi connectivity index (χ4v) is 0.632. The van der Waals surface area contributed by atoms with Crippen LogP contribution < -0.4 is 11.2 Å². The van der Waals surface area contributed by atoms with Crippen LogP contribution in [0.2, 0.25) is 0 Å². The lowest BCUT2D eigenvalue weighted by Gasteiger charge is -2.32. The summed E-state index contributed by atoms with van der Waals surface area (Å²) in [7, 11) is 0. The Bertz CT molecular complexity index is 64.7. The Morgan fingerprint density at radius 2 is 2.57 bits per heavy atom. The molecular weight excluding hydrogens is 92.1 g/mol. The van der Waals surface area contributed by atoms with Gasteiger partial charge in [-0.25, -0.2) is 5.90 Å². The van der Waals surface area contributed by atoms with Crippen molar-refractivity contribution in [1.29, 1.82) is 0 Å². The van der Waals surface area contributed by atoms with Gasteiger partial charge in [0.25, 0.3) is 0 Å². The first kappa shape index (κ1) is 5.03. The molecule has 0 aliphatic carbocycles. The summed E-state index contributed by atoms with van der Waals surface area (Å²) in [5.41, 5.74) is 0. The van der Waals surface area contributed by atoms with Gasteiger partial charge in [-0.2, -0.15) is 0 Å². The van der Waals surface area contributed by atoms with Crippen LogP contribution in [0.3, 0.4) is 0 Å². The molecule has 0 bridgehead atoms. The number of nitrogens with one attached hydrogen (secondary N) is 1. The minimum atomic E-state index is 0.111. The van der Waals surface area contributed by atoms with Gasteiger partial charge in [-0.15, -0.1) is 0 Å². The van der Waals surface area contributed by atoms with Crippen LogP contribution in [0.15, 0.2) is 0 Å². The fraction of sp³-hybridized carbons (Fsp3) is 1.00. The lowest BCUT2D eigenvalue weighted by Crippen LogP contribution is -2.54. The first-order chi connectivity index (χ1) is 3.34. The molecule has 0 spiro atoms. The number of hydrogen-bond acceptors (Lipinski definition) is 3. The van der Waals surface area contributed by atoms with Crippen molar-refractivity contribution in [3.05, 3.63) is 0 Å². The molecule has 1 aliphatic heterocycles. The molecule has 0 radical (unpaired) electrons. The fourth-order valence-electron chi connectivity index (χ4n) is 0.632. The largest absolute Gasteiger partial charge is 0.290 e. The number of hydrogen-bond donors (Lipinski definition) is 2. The van der Waals surface area contributed by atoms with Crippen LogP contribution in [-0.2, 0) is 4.84 Å². The van der Waals surface area contributed by atoms with Crippen molar-refractivity contribution >= 4 is 0 Å². The highest BCUT2D eigenvalue weighted by molar-refractivity contribution is 4.75. The SMILES string of the molecule is CC1CNC1ON. The lowest BCUT2D eigenvalue weighted by molar-refractivity contribution is -0.0554. The molecular formula is C4H10N2O. The molecule has 0 amide bonds. The summed E-state index contributed by atoms with van der Waals surface area (Å²) in [6.07, 6.45) is 0.111. The number of rotatable bonds is 1. The van der Waals surface area contributed by atoms with Crippen molar-refractivity contribution in [3.63, 3.8) is 0 Å². The third-order valence-corrected chi connectivity index (χ3v) is 1.30. The van der Waals surface area contributed by atoms with E-state index in [0.717, 1.165) is 6.54 Å². The van der Waals surface area contributed by atoms with Crippen LogP contribution in [0.1, 0.15) is 6.92 Å². The van der Waals surface area contributed by atoms with Crippen molar-refractivity contribution < 1.29 is 4.84 Å². The molecule has 0 saturated carbocycles. The Kier molecular flexibility index (Phi) is 1.27. The summed E-state index contributed by atoms with van der Waals surface area (Å²) in [5, 5.41) is 3.00. The quantitative estimate of drug-likeness (QED) is 0.436. The van der Waals surface area contributed by atoms with Gasteiger partial charge in [0.2, 0.25) is 0 Å². The Morgan fingerprint density at radius 3 is 2.57 bits per heavy atom. The molecule has 3 nitrogen and oxygen atoms in total. The standard InChI is InChI=1S/C4H10N2O/c1-3-2-6-4(3)7-5/h3-4,6H,2,5H2,1H3. The Balaban J connectivity index is 2.16. The second-order valence-electron chi connectivity index (χ2n) is 1.94. The van der Waals surface area contributed by atoms with Crippen LogP contribution >= 0.6 is 0 Å². The molecule has 2 atom stereocenters. The molecule has 1 saturated heterocycles. The van der Waals surface area contributed by atoms with Gasteiger partial charge in [0.1, 0.15) is 6.23 Å². The van der Waals surface area contributed by atoms with E-state index in [2.05, 4.69) is 17.1 Å². The molecule has 1 rings (SSSR count). The molecule has 7 heavy (non-hydrogen) atoms. The Morgan fingerprint density at radius 1 is 1.86 bits per heavy atom. The van der Waals surface area contributed by atoms with Gasteiger partial charge >= 0.3 is 0 Å². The summed E-state index contributed by atoms with van der Waals surface area (Å²) >= 11 is 0. The van der Waals surface area contributed by atoms with Crippen LogP contribution in [-0.4, -0.2) is 12.8 Å². The molecule has 2 unspecified atom stereocenters. The van der Waals surface area contributed by atoms with E-state index in [4.69, 9.17) is 5.90 Å². The van der Waals surface area contributed by atoms with Gasteiger partial charge < -0.3 is 0 Å².